The predicted octanol–water partition coefficient (Wildman–Crippen LogP) is 4.01. The first-order chi connectivity index (χ1) is 13.8. The van der Waals surface area contributed by atoms with E-state index in [1.54, 1.807) is 11.8 Å². The van der Waals surface area contributed by atoms with Crippen molar-refractivity contribution in [2.45, 2.75) is 59.7 Å². The summed E-state index contributed by atoms with van der Waals surface area (Å²) in [5.74, 6) is 0.297. The monoisotopic (exact) mass is 396 g/mol. The van der Waals surface area contributed by atoms with Crippen molar-refractivity contribution < 1.29 is 14.3 Å². The summed E-state index contributed by atoms with van der Waals surface area (Å²) in [6.07, 6.45) is 0.834. The van der Waals surface area contributed by atoms with Crippen LogP contribution in [0.2, 0.25) is 0 Å². The van der Waals surface area contributed by atoms with Gasteiger partial charge in [0.2, 0.25) is 5.91 Å². The summed E-state index contributed by atoms with van der Waals surface area (Å²) in [4.78, 5) is 27.3. The molecule has 0 aromatic heterocycles. The molecule has 0 fully saturated rings. The normalized spacial score (nSPS) is 12.7. The Kier molecular flexibility index (Phi) is 8.25. The van der Waals surface area contributed by atoms with Gasteiger partial charge in [-0.15, -0.1) is 0 Å². The number of para-hydroxylation sites is 1. The molecule has 0 aliphatic carbocycles. The average Bonchev–Trinajstić information content (AvgIpc) is 2.70. The lowest BCUT2D eigenvalue weighted by Gasteiger charge is -2.29. The van der Waals surface area contributed by atoms with Gasteiger partial charge in [0.05, 0.1) is 0 Å². The van der Waals surface area contributed by atoms with E-state index in [-0.39, 0.29) is 24.5 Å². The maximum absolute atomic E-state index is 13.0. The van der Waals surface area contributed by atoms with Crippen molar-refractivity contribution in [3.05, 3.63) is 65.2 Å². The van der Waals surface area contributed by atoms with Crippen LogP contribution < -0.4 is 10.1 Å². The molecule has 0 saturated heterocycles. The molecule has 0 aliphatic rings. The number of aryl methyl sites for hydroxylation is 2. The van der Waals surface area contributed by atoms with Crippen LogP contribution in [0, 0.1) is 13.8 Å². The minimum Gasteiger partial charge on any atom is -0.484 e. The van der Waals surface area contributed by atoms with Crippen LogP contribution in [0.25, 0.3) is 0 Å². The number of hydrogen-bond donors (Lipinski definition) is 1. The molecule has 2 aromatic rings. The predicted molar refractivity (Wildman–Crippen MR) is 116 cm³/mol. The maximum Gasteiger partial charge on any atom is 0.261 e. The number of carbonyl (C=O) groups is 2. The van der Waals surface area contributed by atoms with Gasteiger partial charge in [-0.05, 0) is 51.3 Å². The van der Waals surface area contributed by atoms with E-state index in [9.17, 15) is 9.59 Å². The average molecular weight is 397 g/mol. The van der Waals surface area contributed by atoms with Gasteiger partial charge in [0.25, 0.3) is 5.91 Å². The zero-order valence-corrected chi connectivity index (χ0v) is 18.1. The van der Waals surface area contributed by atoms with E-state index in [2.05, 4.69) is 5.32 Å². The molecular weight excluding hydrogens is 364 g/mol. The number of hydrogen-bond acceptors (Lipinski definition) is 3. The summed E-state index contributed by atoms with van der Waals surface area (Å²) in [5.41, 5.74) is 3.06. The van der Waals surface area contributed by atoms with Crippen LogP contribution in [-0.4, -0.2) is 35.4 Å². The molecule has 2 atom stereocenters. The molecule has 0 radical (unpaired) electrons. The second-order valence-electron chi connectivity index (χ2n) is 7.56. The van der Waals surface area contributed by atoms with Crippen LogP contribution in [0.1, 0.15) is 43.9 Å². The Morgan fingerprint density at radius 3 is 2.45 bits per heavy atom. The number of benzene rings is 2. The summed E-state index contributed by atoms with van der Waals surface area (Å²) in [6.45, 7) is 9.92. The Balaban J connectivity index is 2.17. The Labute approximate surface area is 174 Å². The van der Waals surface area contributed by atoms with Crippen molar-refractivity contribution in [3.8, 4) is 5.75 Å². The standard InChI is InChI=1S/C24H32N2O3/c1-6-19(4)25-24(28)20(5)26(15-21-12-9-10-17(2)14-21)23(27)16-29-22-13-8-7-11-18(22)3/h7-14,19-20H,6,15-16H2,1-5H3,(H,25,28). The van der Waals surface area contributed by atoms with Crippen LogP contribution in [0.15, 0.2) is 48.5 Å². The van der Waals surface area contributed by atoms with Gasteiger partial charge < -0.3 is 15.0 Å². The molecule has 156 valence electrons. The summed E-state index contributed by atoms with van der Waals surface area (Å²) in [6, 6.07) is 15.0. The van der Waals surface area contributed by atoms with Crippen molar-refractivity contribution in [1.82, 2.24) is 10.2 Å². The fourth-order valence-electron chi connectivity index (χ4n) is 3.00. The largest absolute Gasteiger partial charge is 0.484 e. The first-order valence-corrected chi connectivity index (χ1v) is 10.2. The summed E-state index contributed by atoms with van der Waals surface area (Å²) in [5, 5.41) is 2.97. The molecule has 2 amide bonds. The lowest BCUT2D eigenvalue weighted by atomic mass is 10.1. The first-order valence-electron chi connectivity index (χ1n) is 10.2. The van der Waals surface area contributed by atoms with Crippen LogP contribution in [0.4, 0.5) is 0 Å². The molecule has 0 bridgehead atoms. The summed E-state index contributed by atoms with van der Waals surface area (Å²) in [7, 11) is 0. The van der Waals surface area contributed by atoms with E-state index in [0.717, 1.165) is 23.1 Å². The van der Waals surface area contributed by atoms with Gasteiger partial charge in [-0.1, -0.05) is 55.0 Å². The Morgan fingerprint density at radius 2 is 1.79 bits per heavy atom. The highest BCUT2D eigenvalue weighted by molar-refractivity contribution is 5.88. The van der Waals surface area contributed by atoms with Gasteiger partial charge in [0.15, 0.2) is 6.61 Å². The van der Waals surface area contributed by atoms with Crippen molar-refractivity contribution >= 4 is 11.8 Å². The first kappa shape index (κ1) is 22.5. The Bertz CT molecular complexity index is 834. The molecule has 29 heavy (non-hydrogen) atoms. The second-order valence-corrected chi connectivity index (χ2v) is 7.56. The SMILES string of the molecule is CCC(C)NC(=O)C(C)N(Cc1cccc(C)c1)C(=O)COc1ccccc1C. The van der Waals surface area contributed by atoms with Gasteiger partial charge >= 0.3 is 0 Å². The second kappa shape index (κ2) is 10.6. The smallest absolute Gasteiger partial charge is 0.261 e. The van der Waals surface area contributed by atoms with Gasteiger partial charge in [-0.3, -0.25) is 9.59 Å². The van der Waals surface area contributed by atoms with Crippen LogP contribution >= 0.6 is 0 Å². The third-order valence-electron chi connectivity index (χ3n) is 5.05. The van der Waals surface area contributed by atoms with Crippen molar-refractivity contribution in [3.63, 3.8) is 0 Å². The molecule has 0 aliphatic heterocycles. The van der Waals surface area contributed by atoms with E-state index in [1.807, 2.05) is 76.2 Å². The van der Waals surface area contributed by atoms with Crippen LogP contribution in [0.3, 0.4) is 0 Å². The highest BCUT2D eigenvalue weighted by Crippen LogP contribution is 2.17. The summed E-state index contributed by atoms with van der Waals surface area (Å²) >= 11 is 0. The fraction of sp³-hybridized carbons (Fsp3) is 0.417. The number of nitrogens with zero attached hydrogens (tertiary/aromatic N) is 1. The van der Waals surface area contributed by atoms with E-state index < -0.39 is 6.04 Å². The molecule has 2 unspecified atom stereocenters. The van der Waals surface area contributed by atoms with Gasteiger partial charge in [-0.25, -0.2) is 0 Å². The zero-order valence-electron chi connectivity index (χ0n) is 18.1. The van der Waals surface area contributed by atoms with E-state index in [1.165, 1.54) is 0 Å². The molecule has 0 spiro atoms. The minimum atomic E-state index is -0.600. The molecular formula is C24H32N2O3. The number of rotatable bonds is 9. The lowest BCUT2D eigenvalue weighted by Crippen LogP contribution is -2.50. The van der Waals surface area contributed by atoms with Crippen LogP contribution in [0.5, 0.6) is 5.75 Å². The molecule has 0 saturated carbocycles. The number of nitrogens with one attached hydrogen (secondary N) is 1. The van der Waals surface area contributed by atoms with Gasteiger partial charge in [0.1, 0.15) is 11.8 Å². The van der Waals surface area contributed by atoms with E-state index >= 15 is 0 Å². The molecule has 5 nitrogen and oxygen atoms in total. The van der Waals surface area contributed by atoms with E-state index in [4.69, 9.17) is 4.74 Å². The molecule has 0 heterocycles. The fourth-order valence-corrected chi connectivity index (χ4v) is 3.00. The molecule has 1 N–H and O–H groups in total. The highest BCUT2D eigenvalue weighted by atomic mass is 16.5. The van der Waals surface area contributed by atoms with E-state index in [0.29, 0.717) is 12.3 Å². The highest BCUT2D eigenvalue weighted by Gasteiger charge is 2.27. The zero-order chi connectivity index (χ0) is 21.4. The van der Waals surface area contributed by atoms with Crippen molar-refractivity contribution in [2.24, 2.45) is 0 Å². The summed E-state index contributed by atoms with van der Waals surface area (Å²) < 4.78 is 5.75. The maximum atomic E-state index is 13.0. The molecule has 2 rings (SSSR count). The third-order valence-corrected chi connectivity index (χ3v) is 5.05. The minimum absolute atomic E-state index is 0.0593. The number of ether oxygens (including phenoxy) is 1. The van der Waals surface area contributed by atoms with Crippen molar-refractivity contribution in [1.29, 1.82) is 0 Å². The van der Waals surface area contributed by atoms with Crippen molar-refractivity contribution in [2.75, 3.05) is 6.61 Å². The third kappa shape index (κ3) is 6.63. The number of amides is 2. The number of carbonyl (C=O) groups excluding carboxylic acids is 2. The quantitative estimate of drug-likeness (QED) is 0.697. The van der Waals surface area contributed by atoms with Gasteiger partial charge in [0, 0.05) is 12.6 Å². The van der Waals surface area contributed by atoms with Crippen LogP contribution in [-0.2, 0) is 16.1 Å². The topological polar surface area (TPSA) is 58.6 Å². The Hall–Kier alpha value is -2.82. The van der Waals surface area contributed by atoms with Gasteiger partial charge in [-0.2, -0.15) is 0 Å². The Morgan fingerprint density at radius 1 is 1.07 bits per heavy atom. The molecule has 2 aromatic carbocycles. The lowest BCUT2D eigenvalue weighted by molar-refractivity contribution is -0.142. The molecule has 5 heteroatoms.